The summed E-state index contributed by atoms with van der Waals surface area (Å²) in [5, 5.41) is 10.9. The van der Waals surface area contributed by atoms with Crippen molar-refractivity contribution >= 4 is 5.91 Å². The third kappa shape index (κ3) is 4.96. The molecule has 3 aromatic rings. The molecule has 174 valence electrons. The molecule has 1 fully saturated rings. The van der Waals surface area contributed by atoms with E-state index in [9.17, 15) is 31.1 Å². The molecule has 1 atom stereocenters. The topological polar surface area (TPSA) is 85.6 Å². The lowest BCUT2D eigenvalue weighted by Crippen LogP contribution is -2.29. The molecule has 2 heterocycles. The van der Waals surface area contributed by atoms with E-state index < -0.39 is 41.0 Å². The predicted molar refractivity (Wildman–Crippen MR) is 101 cm³/mol. The summed E-state index contributed by atoms with van der Waals surface area (Å²) < 4.78 is 78.6. The zero-order valence-electron chi connectivity index (χ0n) is 16.9. The van der Waals surface area contributed by atoms with Gasteiger partial charge in [-0.2, -0.15) is 36.5 Å². The molecule has 0 bridgehead atoms. The van der Waals surface area contributed by atoms with Crippen molar-refractivity contribution in [3.8, 4) is 5.82 Å². The van der Waals surface area contributed by atoms with Gasteiger partial charge in [-0.15, -0.1) is 4.80 Å². The van der Waals surface area contributed by atoms with Gasteiger partial charge in [0.05, 0.1) is 29.1 Å². The van der Waals surface area contributed by atoms with Gasteiger partial charge in [-0.1, -0.05) is 0 Å². The van der Waals surface area contributed by atoms with Gasteiger partial charge in [0.25, 0.3) is 5.91 Å². The Morgan fingerprint density at radius 3 is 2.21 bits per heavy atom. The largest absolute Gasteiger partial charge is 0.416 e. The molecule has 2 aromatic heterocycles. The highest BCUT2D eigenvalue weighted by Gasteiger charge is 2.37. The number of hydrogen-bond acceptors (Lipinski definition) is 5. The molecule has 0 aliphatic heterocycles. The number of amides is 1. The minimum absolute atomic E-state index is 0.0399. The van der Waals surface area contributed by atoms with Crippen LogP contribution in [0, 0.1) is 0 Å². The molecule has 1 aliphatic carbocycles. The van der Waals surface area contributed by atoms with Gasteiger partial charge < -0.3 is 5.32 Å². The normalized spacial score (nSPS) is 15.4. The first-order valence-electron chi connectivity index (χ1n) is 9.77. The van der Waals surface area contributed by atoms with Gasteiger partial charge in [0, 0.05) is 23.9 Å². The second-order valence-corrected chi connectivity index (χ2v) is 7.59. The second-order valence-electron chi connectivity index (χ2n) is 7.59. The van der Waals surface area contributed by atoms with Crippen LogP contribution in [0.4, 0.5) is 26.3 Å². The highest BCUT2D eigenvalue weighted by molar-refractivity contribution is 5.95. The standard InChI is InChI=1S/C20H16F6N6O/c1-10(16-17(28-5-4-27-16)32-29-9-15(31-32)11-2-3-11)30-18(33)12-6-13(19(21,22)23)8-14(7-12)20(24,25)26/h4-11H,2-3H2,1H3,(H,30,33). The van der Waals surface area contributed by atoms with Gasteiger partial charge in [-0.3, -0.25) is 9.78 Å². The Kier molecular flexibility index (Phi) is 5.58. The van der Waals surface area contributed by atoms with E-state index in [0.29, 0.717) is 18.1 Å². The number of hydrogen-bond donors (Lipinski definition) is 1. The van der Waals surface area contributed by atoms with Crippen molar-refractivity contribution in [2.45, 2.75) is 44.1 Å². The number of alkyl halides is 6. The van der Waals surface area contributed by atoms with Crippen LogP contribution in [0.1, 0.15) is 64.6 Å². The van der Waals surface area contributed by atoms with Crippen LogP contribution >= 0.6 is 0 Å². The summed E-state index contributed by atoms with van der Waals surface area (Å²) in [4.78, 5) is 22.1. The van der Waals surface area contributed by atoms with Crippen molar-refractivity contribution < 1.29 is 31.1 Å². The molecule has 7 nitrogen and oxygen atoms in total. The molecule has 0 radical (unpaired) electrons. The molecule has 4 rings (SSSR count). The molecular formula is C20H16F6N6O. The third-order valence-electron chi connectivity index (χ3n) is 5.01. The SMILES string of the molecule is CC(NC(=O)c1cc(C(F)(F)F)cc(C(F)(F)F)c1)c1nccnc1-n1ncc(C2CC2)n1. The van der Waals surface area contributed by atoms with Crippen LogP contribution < -0.4 is 5.32 Å². The van der Waals surface area contributed by atoms with Gasteiger partial charge in [0.1, 0.15) is 5.69 Å². The first kappa shape index (κ1) is 22.7. The number of carbonyl (C=O) groups excluding carboxylic acids is 1. The first-order valence-corrected chi connectivity index (χ1v) is 9.77. The summed E-state index contributed by atoms with van der Waals surface area (Å²) in [7, 11) is 0. The summed E-state index contributed by atoms with van der Waals surface area (Å²) in [6.45, 7) is 1.47. The fraction of sp³-hybridized carbons (Fsp3) is 0.350. The van der Waals surface area contributed by atoms with Crippen molar-refractivity contribution in [3.63, 3.8) is 0 Å². The van der Waals surface area contributed by atoms with Gasteiger partial charge in [-0.05, 0) is 38.0 Å². The Morgan fingerprint density at radius 2 is 1.64 bits per heavy atom. The lowest BCUT2D eigenvalue weighted by atomic mass is 10.0. The predicted octanol–water partition coefficient (Wildman–Crippen LogP) is 4.46. The van der Waals surface area contributed by atoms with Crippen LogP contribution in [-0.4, -0.2) is 30.9 Å². The zero-order chi connectivity index (χ0) is 24.0. The van der Waals surface area contributed by atoms with Crippen molar-refractivity contribution in [3.05, 3.63) is 64.9 Å². The quantitative estimate of drug-likeness (QED) is 0.557. The number of rotatable bonds is 5. The molecule has 13 heteroatoms. The Hall–Kier alpha value is -3.51. The van der Waals surface area contributed by atoms with E-state index in [2.05, 4.69) is 25.5 Å². The van der Waals surface area contributed by atoms with E-state index >= 15 is 0 Å². The number of carbonyl (C=O) groups is 1. The first-order chi connectivity index (χ1) is 15.4. The average Bonchev–Trinajstić information content (AvgIpc) is 3.48. The molecule has 1 aliphatic rings. The Morgan fingerprint density at radius 1 is 1.03 bits per heavy atom. The lowest BCUT2D eigenvalue weighted by Gasteiger charge is -2.17. The minimum Gasteiger partial charge on any atom is -0.344 e. The Bertz CT molecular complexity index is 1150. The number of benzene rings is 1. The van der Waals surface area contributed by atoms with Crippen LogP contribution in [0.15, 0.2) is 36.8 Å². The number of nitrogens with zero attached hydrogens (tertiary/aromatic N) is 5. The number of aromatic nitrogens is 5. The minimum atomic E-state index is -5.06. The molecule has 1 aromatic carbocycles. The van der Waals surface area contributed by atoms with Gasteiger partial charge >= 0.3 is 12.4 Å². The summed E-state index contributed by atoms with van der Waals surface area (Å²) in [5.74, 6) is -0.639. The highest BCUT2D eigenvalue weighted by atomic mass is 19.4. The number of nitrogens with one attached hydrogen (secondary N) is 1. The maximum atomic E-state index is 13.1. The van der Waals surface area contributed by atoms with E-state index in [-0.39, 0.29) is 17.6 Å². The molecule has 1 amide bonds. The Balaban J connectivity index is 1.62. The van der Waals surface area contributed by atoms with Crippen molar-refractivity contribution in [2.24, 2.45) is 0 Å². The van der Waals surface area contributed by atoms with E-state index in [1.54, 1.807) is 6.20 Å². The maximum Gasteiger partial charge on any atom is 0.416 e. The summed E-state index contributed by atoms with van der Waals surface area (Å²) >= 11 is 0. The van der Waals surface area contributed by atoms with Crippen LogP contribution in [-0.2, 0) is 12.4 Å². The fourth-order valence-electron chi connectivity index (χ4n) is 3.18. The van der Waals surface area contributed by atoms with Crippen molar-refractivity contribution in [1.82, 2.24) is 30.3 Å². The fourth-order valence-corrected chi connectivity index (χ4v) is 3.18. The molecule has 1 unspecified atom stereocenters. The van der Waals surface area contributed by atoms with Crippen molar-refractivity contribution in [2.75, 3.05) is 0 Å². The van der Waals surface area contributed by atoms with Crippen LogP contribution in [0.2, 0.25) is 0 Å². The third-order valence-corrected chi connectivity index (χ3v) is 5.01. The molecule has 1 N–H and O–H groups in total. The summed E-state index contributed by atoms with van der Waals surface area (Å²) in [6.07, 6.45) is -3.85. The monoisotopic (exact) mass is 470 g/mol. The van der Waals surface area contributed by atoms with E-state index in [1.165, 1.54) is 24.1 Å². The Labute approximate surface area is 182 Å². The van der Waals surface area contributed by atoms with E-state index in [4.69, 9.17) is 0 Å². The lowest BCUT2D eigenvalue weighted by molar-refractivity contribution is -0.143. The molecule has 0 spiro atoms. The molecular weight excluding hydrogens is 454 g/mol. The van der Waals surface area contributed by atoms with Crippen LogP contribution in [0.3, 0.4) is 0 Å². The smallest absolute Gasteiger partial charge is 0.344 e. The van der Waals surface area contributed by atoms with E-state index in [0.717, 1.165) is 18.5 Å². The van der Waals surface area contributed by atoms with Gasteiger partial charge in [0.2, 0.25) is 0 Å². The zero-order valence-corrected chi connectivity index (χ0v) is 16.9. The summed E-state index contributed by atoms with van der Waals surface area (Å²) in [6, 6.07) is -0.236. The molecule has 1 saturated carbocycles. The maximum absolute atomic E-state index is 13.1. The summed E-state index contributed by atoms with van der Waals surface area (Å²) in [5.41, 5.74) is -2.99. The van der Waals surface area contributed by atoms with Crippen LogP contribution in [0.5, 0.6) is 0 Å². The number of halogens is 6. The van der Waals surface area contributed by atoms with Gasteiger partial charge in [-0.25, -0.2) is 4.98 Å². The highest BCUT2D eigenvalue weighted by Crippen LogP contribution is 2.39. The molecule has 33 heavy (non-hydrogen) atoms. The van der Waals surface area contributed by atoms with Gasteiger partial charge in [0.15, 0.2) is 5.82 Å². The van der Waals surface area contributed by atoms with Crippen molar-refractivity contribution in [1.29, 1.82) is 0 Å². The second kappa shape index (κ2) is 8.12. The van der Waals surface area contributed by atoms with E-state index in [1.807, 2.05) is 0 Å². The molecule has 0 saturated heterocycles. The van der Waals surface area contributed by atoms with Crippen LogP contribution in [0.25, 0.3) is 5.82 Å². The average molecular weight is 470 g/mol.